The Morgan fingerprint density at radius 3 is 2.55 bits per heavy atom. The summed E-state index contributed by atoms with van der Waals surface area (Å²) in [5.74, 6) is 1.73. The minimum atomic E-state index is -0.891. The summed E-state index contributed by atoms with van der Waals surface area (Å²) in [6, 6.07) is 7.80. The van der Waals surface area contributed by atoms with E-state index in [1.54, 1.807) is 17.8 Å². The molecule has 0 amide bonds. The van der Waals surface area contributed by atoms with Crippen LogP contribution in [0.3, 0.4) is 0 Å². The number of methoxy groups -OCH3 is 1. The van der Waals surface area contributed by atoms with Crippen LogP contribution >= 0.6 is 11.8 Å². The van der Waals surface area contributed by atoms with Crippen molar-refractivity contribution in [3.05, 3.63) is 35.6 Å². The van der Waals surface area contributed by atoms with Crippen molar-refractivity contribution in [3.8, 4) is 0 Å². The molecule has 1 aromatic carbocycles. The zero-order valence-electron chi connectivity index (χ0n) is 23.6. The summed E-state index contributed by atoms with van der Waals surface area (Å²) in [7, 11) is 5.58. The number of halogens is 1. The maximum atomic E-state index is 14.0. The smallest absolute Gasteiger partial charge is 0.438 e. The van der Waals surface area contributed by atoms with Gasteiger partial charge in [0.05, 0.1) is 19.5 Å². The lowest BCUT2D eigenvalue weighted by Gasteiger charge is -2.44. The van der Waals surface area contributed by atoms with Gasteiger partial charge in [-0.1, -0.05) is 44.2 Å². The first-order chi connectivity index (χ1) is 18.4. The second kappa shape index (κ2) is 13.5. The normalized spacial score (nSPS) is 29.0. The molecule has 1 aromatic rings. The topological polar surface area (TPSA) is 54.4 Å². The largest absolute Gasteiger partial charge is 0.510 e. The third kappa shape index (κ3) is 6.85. The lowest BCUT2D eigenvalue weighted by molar-refractivity contribution is -0.0652. The molecule has 212 valence electrons. The molecule has 0 spiro atoms. The monoisotopic (exact) mass is 547 g/mol. The van der Waals surface area contributed by atoms with Gasteiger partial charge in [0.25, 0.3) is 0 Å². The van der Waals surface area contributed by atoms with Gasteiger partial charge in [0, 0.05) is 18.5 Å². The minimum Gasteiger partial charge on any atom is -0.438 e. The lowest BCUT2D eigenvalue weighted by atomic mass is 9.73. The zero-order valence-corrected chi connectivity index (χ0v) is 24.4. The van der Waals surface area contributed by atoms with Crippen LogP contribution < -0.4 is 0 Å². The second-order valence-corrected chi connectivity index (χ2v) is 12.6. The van der Waals surface area contributed by atoms with Crippen molar-refractivity contribution in [2.75, 3.05) is 33.2 Å². The minimum absolute atomic E-state index is 0.0336. The predicted octanol–water partition coefficient (Wildman–Crippen LogP) is 6.90. The highest BCUT2D eigenvalue weighted by atomic mass is 32.2. The van der Waals surface area contributed by atoms with Crippen molar-refractivity contribution in [3.63, 3.8) is 0 Å². The average Bonchev–Trinajstić information content (AvgIpc) is 3.26. The maximum absolute atomic E-state index is 14.0. The fourth-order valence-electron chi connectivity index (χ4n) is 7.15. The van der Waals surface area contributed by atoms with E-state index in [9.17, 15) is 9.18 Å². The number of hydrogen-bond donors (Lipinski definition) is 0. The molecule has 2 aliphatic carbocycles. The van der Waals surface area contributed by atoms with Crippen LogP contribution in [0.2, 0.25) is 0 Å². The van der Waals surface area contributed by atoms with Crippen LogP contribution in [0.25, 0.3) is 0 Å². The van der Waals surface area contributed by atoms with E-state index in [0.29, 0.717) is 24.3 Å². The molecule has 3 atom stereocenters. The second-order valence-electron chi connectivity index (χ2n) is 11.6. The molecule has 38 heavy (non-hydrogen) atoms. The van der Waals surface area contributed by atoms with Crippen LogP contribution in [-0.4, -0.2) is 73.3 Å². The summed E-state index contributed by atoms with van der Waals surface area (Å²) in [6.45, 7) is 0. The van der Waals surface area contributed by atoms with E-state index in [1.165, 1.54) is 45.3 Å². The molecule has 0 bridgehead atoms. The van der Waals surface area contributed by atoms with Gasteiger partial charge in [-0.05, 0) is 87.7 Å². The van der Waals surface area contributed by atoms with Crippen molar-refractivity contribution < 1.29 is 18.7 Å². The average molecular weight is 548 g/mol. The predicted molar refractivity (Wildman–Crippen MR) is 153 cm³/mol. The van der Waals surface area contributed by atoms with Gasteiger partial charge in [-0.15, -0.1) is 0 Å². The van der Waals surface area contributed by atoms with E-state index in [1.807, 2.05) is 12.4 Å². The molecule has 2 saturated carbocycles. The molecule has 3 unspecified atom stereocenters. The molecule has 0 radical (unpaired) electrons. The number of carbonyl (C=O) groups is 1. The number of nitrogens with zero attached hydrogens (tertiary/aromatic N) is 3. The van der Waals surface area contributed by atoms with Crippen molar-refractivity contribution in [1.82, 2.24) is 9.80 Å². The summed E-state index contributed by atoms with van der Waals surface area (Å²) in [5.41, 5.74) is 0.173. The van der Waals surface area contributed by atoms with Crippen molar-refractivity contribution in [2.24, 2.45) is 16.8 Å². The van der Waals surface area contributed by atoms with E-state index in [4.69, 9.17) is 14.5 Å². The van der Waals surface area contributed by atoms with Crippen molar-refractivity contribution in [2.45, 2.75) is 94.5 Å². The molecule has 8 heteroatoms. The molecule has 6 nitrogen and oxygen atoms in total. The molecule has 2 fully saturated rings. The summed E-state index contributed by atoms with van der Waals surface area (Å²) in [5, 5.41) is 0. The Morgan fingerprint density at radius 1 is 1.18 bits per heavy atom. The molecule has 4 rings (SSSR count). The van der Waals surface area contributed by atoms with Crippen LogP contribution in [-0.2, 0) is 9.47 Å². The number of thioether (sulfide) groups is 1. The molecule has 0 aromatic heterocycles. The van der Waals surface area contributed by atoms with Crippen LogP contribution in [0.5, 0.6) is 0 Å². The van der Waals surface area contributed by atoms with E-state index >= 15 is 0 Å². The van der Waals surface area contributed by atoms with E-state index < -0.39 is 11.9 Å². The van der Waals surface area contributed by atoms with Gasteiger partial charge < -0.3 is 19.3 Å². The van der Waals surface area contributed by atoms with Gasteiger partial charge in [-0.25, -0.2) is 14.2 Å². The number of ether oxygens (including phenoxy) is 2. The number of carbonyl (C=O) groups excluding carboxylic acids is 1. The number of hydrogen-bond acceptors (Lipinski definition) is 7. The molecular weight excluding hydrogens is 501 g/mol. The number of rotatable bonds is 10. The summed E-state index contributed by atoms with van der Waals surface area (Å²) < 4.78 is 25.0. The lowest BCUT2D eigenvalue weighted by Crippen LogP contribution is -2.53. The first kappa shape index (κ1) is 29.2. The van der Waals surface area contributed by atoms with Crippen LogP contribution in [0.1, 0.15) is 82.2 Å². The standard InChI is InChI=1S/C30H46FN3O3S/c1-33(2)28(24-9-8-10-25(31)20-24)23-15-13-22(14-16-23)19-27-30(17-18-38-4,37-29(35)36-3)32-21-34(27)26-11-6-5-7-12-26/h8-10,20-23,26-28H,5-7,11-19H2,1-4H3. The van der Waals surface area contributed by atoms with E-state index in [-0.39, 0.29) is 17.9 Å². The third-order valence-electron chi connectivity index (χ3n) is 9.02. The summed E-state index contributed by atoms with van der Waals surface area (Å²) in [6.07, 6.45) is 15.7. The van der Waals surface area contributed by atoms with Crippen molar-refractivity contribution in [1.29, 1.82) is 0 Å². The molecule has 3 aliphatic rings. The van der Waals surface area contributed by atoms with Crippen LogP contribution in [0.4, 0.5) is 9.18 Å². The first-order valence-corrected chi connectivity index (χ1v) is 15.8. The Morgan fingerprint density at radius 2 is 1.92 bits per heavy atom. The molecule has 0 saturated heterocycles. The van der Waals surface area contributed by atoms with Crippen molar-refractivity contribution >= 4 is 24.3 Å². The van der Waals surface area contributed by atoms with E-state index in [0.717, 1.165) is 43.4 Å². The van der Waals surface area contributed by atoms with Gasteiger partial charge in [0.15, 0.2) is 0 Å². The van der Waals surface area contributed by atoms with Gasteiger partial charge in [-0.2, -0.15) is 11.8 Å². The Balaban J connectivity index is 1.50. The Hall–Kier alpha value is -1.80. The highest BCUT2D eigenvalue weighted by Gasteiger charge is 2.51. The third-order valence-corrected chi connectivity index (χ3v) is 9.63. The number of aliphatic imine (C=N–C) groups is 1. The Bertz CT molecular complexity index is 933. The van der Waals surface area contributed by atoms with Gasteiger partial charge >= 0.3 is 6.16 Å². The fourth-order valence-corrected chi connectivity index (χ4v) is 7.64. The SMILES string of the molecule is COC(=O)OC1(CCSC)N=CN(C2CCCCC2)C1CC1CCC(C(c2cccc(F)c2)N(C)C)CC1. The van der Waals surface area contributed by atoms with E-state index in [2.05, 4.69) is 36.2 Å². The number of benzene rings is 1. The fraction of sp³-hybridized carbons (Fsp3) is 0.733. The molecule has 1 heterocycles. The molecular formula is C30H46FN3O3S. The van der Waals surface area contributed by atoms with Gasteiger partial charge in [0.1, 0.15) is 5.82 Å². The highest BCUT2D eigenvalue weighted by molar-refractivity contribution is 7.98. The quantitative estimate of drug-likeness (QED) is 0.297. The summed E-state index contributed by atoms with van der Waals surface area (Å²) in [4.78, 5) is 22.0. The first-order valence-electron chi connectivity index (χ1n) is 14.4. The van der Waals surface area contributed by atoms with Crippen LogP contribution in [0, 0.1) is 17.7 Å². The molecule has 1 aliphatic heterocycles. The van der Waals surface area contributed by atoms with Gasteiger partial charge in [-0.3, -0.25) is 0 Å². The Labute approximate surface area is 232 Å². The zero-order chi connectivity index (χ0) is 27.1. The maximum Gasteiger partial charge on any atom is 0.510 e. The molecule has 0 N–H and O–H groups in total. The van der Waals surface area contributed by atoms with Gasteiger partial charge in [0.2, 0.25) is 5.72 Å². The summed E-state index contributed by atoms with van der Waals surface area (Å²) >= 11 is 1.76. The highest BCUT2D eigenvalue weighted by Crippen LogP contribution is 2.45. The Kier molecular flexibility index (Phi) is 10.4. The van der Waals surface area contributed by atoms with Crippen LogP contribution in [0.15, 0.2) is 29.3 Å².